The van der Waals surface area contributed by atoms with Crippen LogP contribution in [0.1, 0.15) is 43.6 Å². The molecule has 0 unspecified atom stereocenters. The molecule has 0 fully saturated rings. The zero-order valence-electron chi connectivity index (χ0n) is 15.0. The molecule has 0 radical (unpaired) electrons. The van der Waals surface area contributed by atoms with Gasteiger partial charge in [-0.25, -0.2) is 4.98 Å². The highest BCUT2D eigenvalue weighted by Gasteiger charge is 2.24. The molecule has 0 spiro atoms. The lowest BCUT2D eigenvalue weighted by atomic mass is 9.89. The molecule has 0 saturated heterocycles. The molecule has 2 aromatic rings. The summed E-state index contributed by atoms with van der Waals surface area (Å²) in [5, 5.41) is 11.0. The molecule has 2 heterocycles. The van der Waals surface area contributed by atoms with Crippen molar-refractivity contribution in [1.82, 2.24) is 9.55 Å². The molecular weight excluding hydrogens is 352 g/mol. The van der Waals surface area contributed by atoms with Crippen LogP contribution in [0.2, 0.25) is 0 Å². The summed E-state index contributed by atoms with van der Waals surface area (Å²) in [6, 6.07) is 0. The standard InChI is InChI=1S/C19H26N2O2S2/c1-4-9-21-18(23)16-14-8-7-12(2)11-15(14)25-17(16)20-19(21)24-10-5-6-13(3)22/h4,12-13,22H,1,5-11H2,2-3H3/t12-,13+/m1/s1. The monoisotopic (exact) mass is 378 g/mol. The Hall–Kier alpha value is -1.11. The smallest absolute Gasteiger partial charge is 0.263 e. The van der Waals surface area contributed by atoms with Crippen molar-refractivity contribution in [3.8, 4) is 0 Å². The Labute approximate surface area is 157 Å². The zero-order chi connectivity index (χ0) is 18.0. The van der Waals surface area contributed by atoms with Gasteiger partial charge in [0.1, 0.15) is 4.83 Å². The Morgan fingerprint density at radius 2 is 2.36 bits per heavy atom. The van der Waals surface area contributed by atoms with Gasteiger partial charge in [-0.2, -0.15) is 0 Å². The van der Waals surface area contributed by atoms with Crippen LogP contribution in [0, 0.1) is 5.92 Å². The number of allylic oxidation sites excluding steroid dienone is 1. The van der Waals surface area contributed by atoms with Gasteiger partial charge >= 0.3 is 0 Å². The molecular formula is C19H26N2O2S2. The van der Waals surface area contributed by atoms with Gasteiger partial charge in [-0.15, -0.1) is 17.9 Å². The second-order valence-electron chi connectivity index (χ2n) is 6.97. The summed E-state index contributed by atoms with van der Waals surface area (Å²) < 4.78 is 1.76. The van der Waals surface area contributed by atoms with Crippen LogP contribution in [0.25, 0.3) is 10.2 Å². The zero-order valence-corrected chi connectivity index (χ0v) is 16.6. The van der Waals surface area contributed by atoms with E-state index < -0.39 is 0 Å². The first kappa shape index (κ1) is 18.7. The van der Waals surface area contributed by atoms with Crippen molar-refractivity contribution in [2.45, 2.75) is 63.8 Å². The molecule has 0 saturated carbocycles. The van der Waals surface area contributed by atoms with Crippen molar-refractivity contribution < 1.29 is 5.11 Å². The molecule has 2 atom stereocenters. The third-order valence-corrected chi connectivity index (χ3v) is 6.90. The minimum absolute atomic E-state index is 0.0787. The molecule has 0 aromatic carbocycles. The topological polar surface area (TPSA) is 55.1 Å². The Kier molecular flexibility index (Phi) is 6.02. The molecule has 0 bridgehead atoms. The highest BCUT2D eigenvalue weighted by molar-refractivity contribution is 7.99. The Morgan fingerprint density at radius 1 is 1.56 bits per heavy atom. The second-order valence-corrected chi connectivity index (χ2v) is 9.12. The van der Waals surface area contributed by atoms with Crippen LogP contribution in [0.3, 0.4) is 0 Å². The quantitative estimate of drug-likeness (QED) is 0.342. The lowest BCUT2D eigenvalue weighted by Gasteiger charge is -2.17. The third-order valence-electron chi connectivity index (χ3n) is 4.69. The van der Waals surface area contributed by atoms with Crippen molar-refractivity contribution in [1.29, 1.82) is 0 Å². The van der Waals surface area contributed by atoms with E-state index in [4.69, 9.17) is 4.98 Å². The molecule has 1 N–H and O–H groups in total. The maximum atomic E-state index is 13.1. The predicted molar refractivity (Wildman–Crippen MR) is 107 cm³/mol. The fourth-order valence-electron chi connectivity index (χ4n) is 3.35. The highest BCUT2D eigenvalue weighted by Crippen LogP contribution is 2.36. The Balaban J connectivity index is 1.97. The molecule has 6 heteroatoms. The van der Waals surface area contributed by atoms with E-state index in [9.17, 15) is 9.90 Å². The molecule has 1 aliphatic carbocycles. The summed E-state index contributed by atoms with van der Waals surface area (Å²) in [6.07, 6.45) is 6.36. The number of hydrogen-bond donors (Lipinski definition) is 1. The number of nitrogens with zero attached hydrogens (tertiary/aromatic N) is 2. The summed E-state index contributed by atoms with van der Waals surface area (Å²) in [5.74, 6) is 1.53. The van der Waals surface area contributed by atoms with Crippen LogP contribution in [-0.2, 0) is 19.4 Å². The number of thiophene rings is 1. The first-order valence-corrected chi connectivity index (χ1v) is 10.8. The van der Waals surface area contributed by atoms with Gasteiger partial charge in [0.15, 0.2) is 5.16 Å². The second kappa shape index (κ2) is 8.06. The summed E-state index contributed by atoms with van der Waals surface area (Å²) in [7, 11) is 0. The first-order chi connectivity index (χ1) is 12.0. The first-order valence-electron chi connectivity index (χ1n) is 8.98. The van der Waals surface area contributed by atoms with Gasteiger partial charge in [-0.1, -0.05) is 24.8 Å². The van der Waals surface area contributed by atoms with Gasteiger partial charge in [0.2, 0.25) is 0 Å². The average molecular weight is 379 g/mol. The molecule has 0 aliphatic heterocycles. The largest absolute Gasteiger partial charge is 0.393 e. The SMILES string of the molecule is C=CCn1c(SCCC[C@H](C)O)nc2sc3c(c2c1=O)CC[C@@H](C)C3. The van der Waals surface area contributed by atoms with Crippen LogP contribution >= 0.6 is 23.1 Å². The van der Waals surface area contributed by atoms with Gasteiger partial charge < -0.3 is 5.11 Å². The normalized spacial score (nSPS) is 18.3. The number of aromatic nitrogens is 2. The molecule has 2 aromatic heterocycles. The molecule has 0 amide bonds. The van der Waals surface area contributed by atoms with E-state index in [1.807, 2.05) is 0 Å². The lowest BCUT2D eigenvalue weighted by Crippen LogP contribution is -2.23. The van der Waals surface area contributed by atoms with E-state index in [1.165, 1.54) is 10.4 Å². The van der Waals surface area contributed by atoms with Crippen molar-refractivity contribution in [2.24, 2.45) is 5.92 Å². The number of aryl methyl sites for hydroxylation is 1. The van der Waals surface area contributed by atoms with Crippen LogP contribution < -0.4 is 5.56 Å². The van der Waals surface area contributed by atoms with Gasteiger partial charge in [0, 0.05) is 17.2 Å². The molecule has 3 rings (SSSR count). The van der Waals surface area contributed by atoms with E-state index in [1.54, 1.807) is 40.7 Å². The summed E-state index contributed by atoms with van der Waals surface area (Å²) in [5.41, 5.74) is 1.31. The summed E-state index contributed by atoms with van der Waals surface area (Å²) in [4.78, 5) is 20.2. The minimum atomic E-state index is -0.280. The van der Waals surface area contributed by atoms with Gasteiger partial charge in [-0.3, -0.25) is 9.36 Å². The van der Waals surface area contributed by atoms with E-state index in [0.717, 1.165) is 53.2 Å². The van der Waals surface area contributed by atoms with Crippen LogP contribution in [0.5, 0.6) is 0 Å². The van der Waals surface area contributed by atoms with E-state index in [0.29, 0.717) is 12.5 Å². The molecule has 25 heavy (non-hydrogen) atoms. The number of aliphatic hydroxyl groups excluding tert-OH is 1. The van der Waals surface area contributed by atoms with Gasteiger partial charge in [-0.05, 0) is 50.5 Å². The van der Waals surface area contributed by atoms with Crippen molar-refractivity contribution >= 4 is 33.3 Å². The van der Waals surface area contributed by atoms with Gasteiger partial charge in [0.05, 0.1) is 11.5 Å². The predicted octanol–water partition coefficient (Wildman–Crippen LogP) is 4.02. The lowest BCUT2D eigenvalue weighted by molar-refractivity contribution is 0.184. The summed E-state index contributed by atoms with van der Waals surface area (Å²) >= 11 is 3.30. The number of fused-ring (bicyclic) bond motifs is 3. The van der Waals surface area contributed by atoms with E-state index in [2.05, 4.69) is 13.5 Å². The van der Waals surface area contributed by atoms with Crippen LogP contribution in [-0.4, -0.2) is 26.5 Å². The van der Waals surface area contributed by atoms with Gasteiger partial charge in [0.25, 0.3) is 5.56 Å². The Morgan fingerprint density at radius 3 is 3.08 bits per heavy atom. The fourth-order valence-corrected chi connectivity index (χ4v) is 5.74. The fraction of sp³-hybridized carbons (Fsp3) is 0.579. The van der Waals surface area contributed by atoms with Crippen molar-refractivity contribution in [2.75, 3.05) is 5.75 Å². The highest BCUT2D eigenvalue weighted by atomic mass is 32.2. The Bertz CT molecular complexity index is 823. The minimum Gasteiger partial charge on any atom is -0.393 e. The number of hydrogen-bond acceptors (Lipinski definition) is 5. The average Bonchev–Trinajstić information content (AvgIpc) is 2.92. The number of aliphatic hydroxyl groups is 1. The maximum Gasteiger partial charge on any atom is 0.263 e. The van der Waals surface area contributed by atoms with Crippen molar-refractivity contribution in [3.05, 3.63) is 33.4 Å². The molecule has 4 nitrogen and oxygen atoms in total. The third kappa shape index (κ3) is 4.01. The summed E-state index contributed by atoms with van der Waals surface area (Å²) in [6.45, 7) is 8.37. The number of thioether (sulfide) groups is 1. The van der Waals surface area contributed by atoms with E-state index in [-0.39, 0.29) is 11.7 Å². The van der Waals surface area contributed by atoms with E-state index >= 15 is 0 Å². The number of rotatable bonds is 7. The molecule has 1 aliphatic rings. The van der Waals surface area contributed by atoms with Crippen LogP contribution in [0.4, 0.5) is 0 Å². The molecule has 136 valence electrons. The maximum absolute atomic E-state index is 13.1. The van der Waals surface area contributed by atoms with Crippen LogP contribution in [0.15, 0.2) is 22.6 Å². The van der Waals surface area contributed by atoms with Crippen molar-refractivity contribution in [3.63, 3.8) is 0 Å².